The third kappa shape index (κ3) is 3.63. The Hall–Kier alpha value is -2.53. The number of para-hydroxylation sites is 2. The number of likely N-dealkylation sites (N-methyl/N-ethyl adjacent to an activating group) is 1. The highest BCUT2D eigenvalue weighted by Crippen LogP contribution is 2.20. The molecule has 1 N–H and O–H groups in total. The summed E-state index contributed by atoms with van der Waals surface area (Å²) in [5.41, 5.74) is 2.79. The highest BCUT2D eigenvalue weighted by Gasteiger charge is 2.14. The van der Waals surface area contributed by atoms with E-state index < -0.39 is 0 Å². The van der Waals surface area contributed by atoms with E-state index in [4.69, 9.17) is 0 Å². The Morgan fingerprint density at radius 2 is 1.74 bits per heavy atom. The van der Waals surface area contributed by atoms with E-state index in [2.05, 4.69) is 20.2 Å². The first-order valence-corrected chi connectivity index (χ1v) is 7.51. The van der Waals surface area contributed by atoms with Crippen LogP contribution >= 0.6 is 0 Å². The topological polar surface area (TPSA) is 41.0 Å². The van der Waals surface area contributed by atoms with Crippen molar-refractivity contribution in [3.63, 3.8) is 0 Å². The average molecular weight is 310 g/mol. The molecule has 0 radical (unpaired) electrons. The maximum atomic E-state index is 13.1. The fourth-order valence-electron chi connectivity index (χ4n) is 2.53. The van der Waals surface area contributed by atoms with Gasteiger partial charge >= 0.3 is 0 Å². The van der Waals surface area contributed by atoms with Gasteiger partial charge in [-0.15, -0.1) is 0 Å². The van der Waals surface area contributed by atoms with Crippen LogP contribution in [-0.4, -0.2) is 35.5 Å². The quantitative estimate of drug-likeness (QED) is 0.783. The highest BCUT2D eigenvalue weighted by molar-refractivity contribution is 5.75. The van der Waals surface area contributed by atoms with Crippen molar-refractivity contribution >= 4 is 16.9 Å². The van der Waals surface area contributed by atoms with Gasteiger partial charge in [-0.25, -0.2) is 9.37 Å². The van der Waals surface area contributed by atoms with Gasteiger partial charge < -0.3 is 10.2 Å². The number of benzene rings is 2. The van der Waals surface area contributed by atoms with Crippen LogP contribution in [0.5, 0.6) is 0 Å². The lowest BCUT2D eigenvalue weighted by atomic mass is 10.1. The smallest absolute Gasteiger partial charge is 0.145 e. The molecule has 0 aliphatic carbocycles. The van der Waals surface area contributed by atoms with E-state index in [0.29, 0.717) is 6.54 Å². The number of rotatable bonds is 5. The molecule has 0 spiro atoms. The first-order chi connectivity index (χ1) is 11.1. The van der Waals surface area contributed by atoms with Gasteiger partial charge in [0.2, 0.25) is 0 Å². The van der Waals surface area contributed by atoms with Crippen molar-refractivity contribution in [1.29, 1.82) is 0 Å². The second-order valence-corrected chi connectivity index (χ2v) is 5.66. The summed E-state index contributed by atoms with van der Waals surface area (Å²) in [4.78, 5) is 11.1. The van der Waals surface area contributed by atoms with E-state index in [9.17, 15) is 4.39 Å². The van der Waals surface area contributed by atoms with Crippen LogP contribution in [0.15, 0.2) is 54.7 Å². The van der Waals surface area contributed by atoms with Gasteiger partial charge in [0, 0.05) is 6.54 Å². The lowest BCUT2D eigenvalue weighted by Gasteiger charge is -2.25. The predicted molar refractivity (Wildman–Crippen MR) is 90.9 cm³/mol. The van der Waals surface area contributed by atoms with E-state index in [1.165, 1.54) is 12.1 Å². The molecule has 0 bridgehead atoms. The zero-order valence-corrected chi connectivity index (χ0v) is 13.2. The molecule has 23 heavy (non-hydrogen) atoms. The number of hydrogen-bond acceptors (Lipinski definition) is 4. The maximum Gasteiger partial charge on any atom is 0.145 e. The number of fused-ring (bicyclic) bond motifs is 1. The molecule has 1 heterocycles. The normalized spacial score (nSPS) is 12.5. The molecule has 3 aromatic rings. The minimum absolute atomic E-state index is 0.115. The summed E-state index contributed by atoms with van der Waals surface area (Å²) in [6.07, 6.45) is 1.74. The third-order valence-electron chi connectivity index (χ3n) is 3.80. The van der Waals surface area contributed by atoms with Crippen LogP contribution < -0.4 is 5.32 Å². The molecule has 0 saturated carbocycles. The molecule has 0 aliphatic heterocycles. The summed E-state index contributed by atoms with van der Waals surface area (Å²) < 4.78 is 13.1. The molecule has 4 nitrogen and oxygen atoms in total. The third-order valence-corrected chi connectivity index (χ3v) is 3.80. The lowest BCUT2D eigenvalue weighted by molar-refractivity contribution is 0.311. The highest BCUT2D eigenvalue weighted by atomic mass is 19.1. The lowest BCUT2D eigenvalue weighted by Crippen LogP contribution is -2.27. The van der Waals surface area contributed by atoms with E-state index in [0.717, 1.165) is 22.4 Å². The number of anilines is 1. The molecule has 0 saturated heterocycles. The Bertz CT molecular complexity index is 786. The Balaban J connectivity index is 1.76. The number of aromatic nitrogens is 2. The molecule has 1 atom stereocenters. The van der Waals surface area contributed by atoms with Crippen molar-refractivity contribution in [3.05, 3.63) is 66.1 Å². The van der Waals surface area contributed by atoms with Gasteiger partial charge in [0.1, 0.15) is 11.6 Å². The van der Waals surface area contributed by atoms with Crippen LogP contribution in [0.3, 0.4) is 0 Å². The zero-order valence-electron chi connectivity index (χ0n) is 13.2. The summed E-state index contributed by atoms with van der Waals surface area (Å²) >= 11 is 0. The van der Waals surface area contributed by atoms with Gasteiger partial charge in [-0.05, 0) is 43.9 Å². The van der Waals surface area contributed by atoms with E-state index in [1.807, 2.05) is 50.5 Å². The fourth-order valence-corrected chi connectivity index (χ4v) is 2.53. The fraction of sp³-hybridized carbons (Fsp3) is 0.222. The minimum atomic E-state index is -0.223. The number of nitrogens with one attached hydrogen (secondary N) is 1. The van der Waals surface area contributed by atoms with Crippen LogP contribution in [-0.2, 0) is 0 Å². The molecule has 5 heteroatoms. The van der Waals surface area contributed by atoms with Crippen LogP contribution in [0.2, 0.25) is 0 Å². The summed E-state index contributed by atoms with van der Waals surface area (Å²) in [5, 5.41) is 3.32. The van der Waals surface area contributed by atoms with Gasteiger partial charge in [-0.1, -0.05) is 24.3 Å². The molecule has 1 aromatic heterocycles. The predicted octanol–water partition coefficient (Wildman–Crippen LogP) is 3.48. The van der Waals surface area contributed by atoms with Gasteiger partial charge in [0.15, 0.2) is 0 Å². The Labute approximate surface area is 135 Å². The van der Waals surface area contributed by atoms with Crippen molar-refractivity contribution < 1.29 is 4.39 Å². The van der Waals surface area contributed by atoms with Crippen LogP contribution in [0.25, 0.3) is 11.0 Å². The molecule has 0 unspecified atom stereocenters. The standard InChI is InChI=1S/C18H19FN4/c1-23(2)17(13-7-9-14(19)10-8-13)11-21-18-12-20-15-5-3-4-6-16(15)22-18/h3-10,12,17H,11H2,1-2H3,(H,21,22)/t17-/m1/s1. The van der Waals surface area contributed by atoms with Gasteiger partial charge in [-0.2, -0.15) is 0 Å². The minimum Gasteiger partial charge on any atom is -0.367 e. The van der Waals surface area contributed by atoms with Gasteiger partial charge in [-0.3, -0.25) is 4.98 Å². The Morgan fingerprint density at radius 3 is 2.43 bits per heavy atom. The van der Waals surface area contributed by atoms with Crippen molar-refractivity contribution in [3.8, 4) is 0 Å². The van der Waals surface area contributed by atoms with E-state index >= 15 is 0 Å². The molecular formula is C18H19FN4. The Kier molecular flexibility index (Phi) is 4.48. The molecular weight excluding hydrogens is 291 g/mol. The first kappa shape index (κ1) is 15.4. The molecule has 0 amide bonds. The molecule has 2 aromatic carbocycles. The average Bonchev–Trinajstić information content (AvgIpc) is 2.56. The monoisotopic (exact) mass is 310 g/mol. The molecule has 0 aliphatic rings. The van der Waals surface area contributed by atoms with Crippen molar-refractivity contribution in [1.82, 2.24) is 14.9 Å². The van der Waals surface area contributed by atoms with Gasteiger partial charge in [0.05, 0.1) is 23.3 Å². The molecule has 118 valence electrons. The van der Waals surface area contributed by atoms with E-state index in [1.54, 1.807) is 6.20 Å². The molecule has 0 fully saturated rings. The summed E-state index contributed by atoms with van der Waals surface area (Å²) in [6, 6.07) is 14.5. The second-order valence-electron chi connectivity index (χ2n) is 5.66. The number of halogens is 1. The van der Waals surface area contributed by atoms with Crippen molar-refractivity contribution in [2.24, 2.45) is 0 Å². The van der Waals surface area contributed by atoms with Crippen LogP contribution in [0.4, 0.5) is 10.2 Å². The Morgan fingerprint density at radius 1 is 1.04 bits per heavy atom. The largest absolute Gasteiger partial charge is 0.367 e. The second kappa shape index (κ2) is 6.71. The van der Waals surface area contributed by atoms with Crippen molar-refractivity contribution in [2.45, 2.75) is 6.04 Å². The SMILES string of the molecule is CN(C)[C@H](CNc1cnc2ccccc2n1)c1ccc(F)cc1. The maximum absolute atomic E-state index is 13.1. The van der Waals surface area contributed by atoms with Crippen LogP contribution in [0.1, 0.15) is 11.6 Å². The van der Waals surface area contributed by atoms with Crippen molar-refractivity contribution in [2.75, 3.05) is 26.0 Å². The van der Waals surface area contributed by atoms with Gasteiger partial charge in [0.25, 0.3) is 0 Å². The number of nitrogens with zero attached hydrogens (tertiary/aromatic N) is 3. The first-order valence-electron chi connectivity index (χ1n) is 7.51. The summed E-state index contributed by atoms with van der Waals surface area (Å²) in [6.45, 7) is 0.658. The number of hydrogen-bond donors (Lipinski definition) is 1. The summed E-state index contributed by atoms with van der Waals surface area (Å²) in [7, 11) is 4.00. The van der Waals surface area contributed by atoms with Crippen LogP contribution in [0, 0.1) is 5.82 Å². The molecule has 3 rings (SSSR count). The summed E-state index contributed by atoms with van der Waals surface area (Å²) in [5.74, 6) is 0.511. The van der Waals surface area contributed by atoms with E-state index in [-0.39, 0.29) is 11.9 Å². The zero-order chi connectivity index (χ0) is 16.2.